The van der Waals surface area contributed by atoms with Crippen molar-refractivity contribution in [2.75, 3.05) is 35.2 Å². The lowest BCUT2D eigenvalue weighted by Gasteiger charge is -2.34. The SMILES string of the molecule is CCOC(=O)C1CCCN(c2ncnc(N(Cc3ccccc3)c3ccccn3)c2N)C1. The maximum absolute atomic E-state index is 12.3. The van der Waals surface area contributed by atoms with Crippen LogP contribution in [0.5, 0.6) is 0 Å². The number of benzene rings is 1. The molecule has 1 atom stereocenters. The van der Waals surface area contributed by atoms with Crippen LogP contribution >= 0.6 is 0 Å². The molecule has 0 radical (unpaired) electrons. The van der Waals surface area contributed by atoms with Crippen LogP contribution < -0.4 is 15.5 Å². The molecule has 4 rings (SSSR count). The van der Waals surface area contributed by atoms with Crippen molar-refractivity contribution in [1.82, 2.24) is 15.0 Å². The van der Waals surface area contributed by atoms with Gasteiger partial charge in [0.05, 0.1) is 19.1 Å². The molecule has 3 aromatic rings. The zero-order valence-corrected chi connectivity index (χ0v) is 18.2. The van der Waals surface area contributed by atoms with Crippen molar-refractivity contribution < 1.29 is 9.53 Å². The Hall–Kier alpha value is -3.68. The minimum atomic E-state index is -0.183. The Morgan fingerprint density at radius 2 is 1.97 bits per heavy atom. The molecule has 1 unspecified atom stereocenters. The number of carbonyl (C=O) groups is 1. The van der Waals surface area contributed by atoms with Crippen molar-refractivity contribution in [2.45, 2.75) is 26.3 Å². The molecule has 8 nitrogen and oxygen atoms in total. The van der Waals surface area contributed by atoms with Crippen LogP contribution in [-0.4, -0.2) is 40.6 Å². The Kier molecular flexibility index (Phi) is 6.79. The smallest absolute Gasteiger partial charge is 0.310 e. The molecule has 1 aromatic carbocycles. The summed E-state index contributed by atoms with van der Waals surface area (Å²) in [5.74, 6) is 1.63. The van der Waals surface area contributed by atoms with E-state index in [0.717, 1.165) is 30.8 Å². The van der Waals surface area contributed by atoms with Gasteiger partial charge in [-0.15, -0.1) is 0 Å². The first-order valence-corrected chi connectivity index (χ1v) is 10.9. The molecule has 1 aliphatic rings. The van der Waals surface area contributed by atoms with Gasteiger partial charge in [0.25, 0.3) is 0 Å². The van der Waals surface area contributed by atoms with Crippen molar-refractivity contribution >= 4 is 29.1 Å². The number of rotatable bonds is 7. The zero-order valence-electron chi connectivity index (χ0n) is 18.2. The third-order valence-electron chi connectivity index (χ3n) is 5.55. The van der Waals surface area contributed by atoms with E-state index in [9.17, 15) is 4.79 Å². The number of piperidine rings is 1. The number of aromatic nitrogens is 3. The highest BCUT2D eigenvalue weighted by Crippen LogP contribution is 2.35. The number of ether oxygens (including phenoxy) is 1. The second-order valence-electron chi connectivity index (χ2n) is 7.73. The fraction of sp³-hybridized carbons (Fsp3) is 0.333. The molecule has 1 saturated heterocycles. The number of anilines is 4. The molecule has 0 aliphatic carbocycles. The molecule has 2 N–H and O–H groups in total. The lowest BCUT2D eigenvalue weighted by atomic mass is 9.98. The summed E-state index contributed by atoms with van der Waals surface area (Å²) in [6, 6.07) is 15.9. The number of pyridine rings is 1. The van der Waals surface area contributed by atoms with Gasteiger partial charge in [0.15, 0.2) is 11.6 Å². The van der Waals surface area contributed by atoms with Crippen LogP contribution in [0.4, 0.5) is 23.1 Å². The van der Waals surface area contributed by atoms with Crippen LogP contribution in [0.1, 0.15) is 25.3 Å². The monoisotopic (exact) mass is 432 g/mol. The highest BCUT2D eigenvalue weighted by Gasteiger charge is 2.29. The van der Waals surface area contributed by atoms with Gasteiger partial charge in [-0.2, -0.15) is 0 Å². The number of nitrogens with zero attached hydrogens (tertiary/aromatic N) is 5. The molecule has 2 aromatic heterocycles. The van der Waals surface area contributed by atoms with E-state index in [1.54, 1.807) is 6.20 Å². The summed E-state index contributed by atoms with van der Waals surface area (Å²) in [7, 11) is 0. The minimum absolute atomic E-state index is 0.163. The molecule has 1 aliphatic heterocycles. The summed E-state index contributed by atoms with van der Waals surface area (Å²) < 4.78 is 5.24. The van der Waals surface area contributed by atoms with E-state index < -0.39 is 0 Å². The highest BCUT2D eigenvalue weighted by atomic mass is 16.5. The normalized spacial score (nSPS) is 15.9. The lowest BCUT2D eigenvalue weighted by Crippen LogP contribution is -2.40. The molecule has 1 fully saturated rings. The molecule has 0 spiro atoms. The summed E-state index contributed by atoms with van der Waals surface area (Å²) in [5.41, 5.74) is 8.21. The fourth-order valence-electron chi connectivity index (χ4n) is 4.01. The van der Waals surface area contributed by atoms with Gasteiger partial charge < -0.3 is 20.3 Å². The van der Waals surface area contributed by atoms with E-state index in [2.05, 4.69) is 32.0 Å². The van der Waals surface area contributed by atoms with E-state index >= 15 is 0 Å². The predicted molar refractivity (Wildman–Crippen MR) is 125 cm³/mol. The fourth-order valence-corrected chi connectivity index (χ4v) is 4.01. The number of nitrogens with two attached hydrogens (primary N) is 1. The average Bonchev–Trinajstić information content (AvgIpc) is 2.84. The first kappa shape index (κ1) is 21.5. The van der Waals surface area contributed by atoms with E-state index in [1.165, 1.54) is 6.33 Å². The third-order valence-corrected chi connectivity index (χ3v) is 5.55. The van der Waals surface area contributed by atoms with Gasteiger partial charge in [-0.3, -0.25) is 4.79 Å². The molecular formula is C24H28N6O2. The maximum atomic E-state index is 12.3. The maximum Gasteiger partial charge on any atom is 0.310 e. The quantitative estimate of drug-likeness (QED) is 0.566. The summed E-state index contributed by atoms with van der Waals surface area (Å²) >= 11 is 0. The largest absolute Gasteiger partial charge is 0.466 e. The van der Waals surface area contributed by atoms with E-state index in [-0.39, 0.29) is 11.9 Å². The molecule has 0 amide bonds. The third kappa shape index (κ3) is 4.80. The summed E-state index contributed by atoms with van der Waals surface area (Å²) in [6.45, 7) is 4.07. The van der Waals surface area contributed by atoms with Gasteiger partial charge in [0, 0.05) is 19.3 Å². The molecule has 32 heavy (non-hydrogen) atoms. The summed E-state index contributed by atoms with van der Waals surface area (Å²) in [4.78, 5) is 29.9. The zero-order chi connectivity index (χ0) is 22.3. The molecule has 3 heterocycles. The standard InChI is InChI=1S/C24H28N6O2/c1-2-32-24(31)19-11-8-14-29(16-19)22-21(25)23(28-17-27-22)30(20-12-6-7-13-26-20)15-18-9-4-3-5-10-18/h3-7,9-10,12-13,17,19H,2,8,11,14-16,25H2,1H3. The molecule has 0 saturated carbocycles. The van der Waals surface area contributed by atoms with Crippen molar-refractivity contribution in [3.8, 4) is 0 Å². The molecule has 8 heteroatoms. The first-order valence-electron chi connectivity index (χ1n) is 10.9. The van der Waals surface area contributed by atoms with Gasteiger partial charge in [0.1, 0.15) is 17.8 Å². The first-order chi connectivity index (χ1) is 15.7. The van der Waals surface area contributed by atoms with Gasteiger partial charge in [-0.1, -0.05) is 36.4 Å². The highest BCUT2D eigenvalue weighted by molar-refractivity contribution is 5.80. The topological polar surface area (TPSA) is 97.5 Å². The van der Waals surface area contributed by atoms with Crippen molar-refractivity contribution in [2.24, 2.45) is 5.92 Å². The lowest BCUT2D eigenvalue weighted by molar-refractivity contribution is -0.148. The van der Waals surface area contributed by atoms with Crippen LogP contribution in [0.3, 0.4) is 0 Å². The predicted octanol–water partition coefficient (Wildman–Crippen LogP) is 3.57. The Morgan fingerprint density at radius 3 is 2.72 bits per heavy atom. The summed E-state index contributed by atoms with van der Waals surface area (Å²) in [6.07, 6.45) is 4.95. The Bertz CT molecular complexity index is 1030. The number of esters is 1. The van der Waals surface area contributed by atoms with Crippen LogP contribution in [0.2, 0.25) is 0 Å². The van der Waals surface area contributed by atoms with Crippen LogP contribution in [0.25, 0.3) is 0 Å². The van der Waals surface area contributed by atoms with Crippen LogP contribution in [0, 0.1) is 5.92 Å². The van der Waals surface area contributed by atoms with E-state index in [0.29, 0.717) is 37.0 Å². The second-order valence-corrected chi connectivity index (χ2v) is 7.73. The Morgan fingerprint density at radius 1 is 1.16 bits per heavy atom. The summed E-state index contributed by atoms with van der Waals surface area (Å²) in [5, 5.41) is 0. The van der Waals surface area contributed by atoms with Gasteiger partial charge in [-0.05, 0) is 37.5 Å². The van der Waals surface area contributed by atoms with Crippen LogP contribution in [0.15, 0.2) is 61.1 Å². The Balaban J connectivity index is 1.66. The average molecular weight is 433 g/mol. The number of nitrogen functional groups attached to an aromatic ring is 1. The number of hydrogen-bond acceptors (Lipinski definition) is 8. The molecule has 166 valence electrons. The van der Waals surface area contributed by atoms with Gasteiger partial charge >= 0.3 is 5.97 Å². The second kappa shape index (κ2) is 10.1. The van der Waals surface area contributed by atoms with E-state index in [1.807, 2.05) is 48.2 Å². The minimum Gasteiger partial charge on any atom is -0.466 e. The molecule has 0 bridgehead atoms. The van der Waals surface area contributed by atoms with Gasteiger partial charge in [-0.25, -0.2) is 15.0 Å². The van der Waals surface area contributed by atoms with E-state index in [4.69, 9.17) is 10.5 Å². The molecular weight excluding hydrogens is 404 g/mol. The number of hydrogen-bond donors (Lipinski definition) is 1. The van der Waals surface area contributed by atoms with Crippen LogP contribution in [-0.2, 0) is 16.1 Å². The van der Waals surface area contributed by atoms with Crippen molar-refractivity contribution in [3.05, 3.63) is 66.6 Å². The van der Waals surface area contributed by atoms with Crippen molar-refractivity contribution in [3.63, 3.8) is 0 Å². The Labute approximate surface area is 188 Å². The van der Waals surface area contributed by atoms with Crippen molar-refractivity contribution in [1.29, 1.82) is 0 Å². The number of carbonyl (C=O) groups excluding carboxylic acids is 1. The van der Waals surface area contributed by atoms with Gasteiger partial charge in [0.2, 0.25) is 0 Å².